The Bertz CT molecular complexity index is 488. The Morgan fingerprint density at radius 2 is 2.18 bits per heavy atom. The predicted octanol–water partition coefficient (Wildman–Crippen LogP) is 1.80. The van der Waals surface area contributed by atoms with Gasteiger partial charge in [-0.2, -0.15) is 0 Å². The van der Waals surface area contributed by atoms with Crippen molar-refractivity contribution in [1.82, 2.24) is 15.6 Å². The zero-order valence-electron chi connectivity index (χ0n) is 13.3. The van der Waals surface area contributed by atoms with E-state index in [9.17, 15) is 4.79 Å². The third-order valence-electron chi connectivity index (χ3n) is 4.88. The number of hydrogen-bond donors (Lipinski definition) is 2. The molecule has 3 rings (SSSR count). The number of aromatic nitrogens is 1. The molecule has 120 valence electrons. The van der Waals surface area contributed by atoms with Crippen LogP contribution in [0.2, 0.25) is 0 Å². The standard InChI is InChI=1S/C17H26N4O/c1-2-18-17(22)14-5-6-16(20-12-14)21-10-7-13(8-11-21)15-4-3-9-19-15/h5-6,12-13,15,19H,2-4,7-11H2,1H3,(H,18,22). The Hall–Kier alpha value is -1.62. The monoisotopic (exact) mass is 302 g/mol. The van der Waals surface area contributed by atoms with E-state index >= 15 is 0 Å². The van der Waals surface area contributed by atoms with E-state index in [0.717, 1.165) is 30.9 Å². The zero-order chi connectivity index (χ0) is 15.4. The highest BCUT2D eigenvalue weighted by atomic mass is 16.1. The molecule has 1 aromatic heterocycles. The first-order valence-corrected chi connectivity index (χ1v) is 8.50. The lowest BCUT2D eigenvalue weighted by Crippen LogP contribution is -2.41. The molecule has 0 aromatic carbocycles. The van der Waals surface area contributed by atoms with Crippen molar-refractivity contribution < 1.29 is 4.79 Å². The number of rotatable bonds is 4. The summed E-state index contributed by atoms with van der Waals surface area (Å²) < 4.78 is 0. The third kappa shape index (κ3) is 3.40. The molecule has 2 saturated heterocycles. The van der Waals surface area contributed by atoms with Gasteiger partial charge >= 0.3 is 0 Å². The van der Waals surface area contributed by atoms with E-state index in [0.29, 0.717) is 12.1 Å². The van der Waals surface area contributed by atoms with E-state index in [-0.39, 0.29) is 5.91 Å². The van der Waals surface area contributed by atoms with Crippen LogP contribution in [0.15, 0.2) is 18.3 Å². The van der Waals surface area contributed by atoms with Crippen molar-refractivity contribution in [2.24, 2.45) is 5.92 Å². The highest BCUT2D eigenvalue weighted by molar-refractivity contribution is 5.93. The highest BCUT2D eigenvalue weighted by Gasteiger charge is 2.28. The summed E-state index contributed by atoms with van der Waals surface area (Å²) in [4.78, 5) is 18.6. The van der Waals surface area contributed by atoms with Gasteiger partial charge in [0.1, 0.15) is 5.82 Å². The molecule has 2 aliphatic heterocycles. The number of amides is 1. The van der Waals surface area contributed by atoms with E-state index in [4.69, 9.17) is 0 Å². The Labute approximate surface area is 132 Å². The molecule has 0 radical (unpaired) electrons. The molecule has 0 saturated carbocycles. The lowest BCUT2D eigenvalue weighted by Gasteiger charge is -2.35. The van der Waals surface area contributed by atoms with Crippen LogP contribution in [0.3, 0.4) is 0 Å². The first-order chi connectivity index (χ1) is 10.8. The summed E-state index contributed by atoms with van der Waals surface area (Å²) in [7, 11) is 0. The topological polar surface area (TPSA) is 57.3 Å². The second kappa shape index (κ2) is 7.09. The lowest BCUT2D eigenvalue weighted by atomic mass is 9.88. The van der Waals surface area contributed by atoms with Crippen LogP contribution >= 0.6 is 0 Å². The van der Waals surface area contributed by atoms with E-state index in [2.05, 4.69) is 20.5 Å². The molecule has 1 amide bonds. The van der Waals surface area contributed by atoms with Crippen molar-refractivity contribution in [3.8, 4) is 0 Å². The summed E-state index contributed by atoms with van der Waals surface area (Å²) in [6.07, 6.45) is 6.82. The minimum absolute atomic E-state index is 0.0486. The fraction of sp³-hybridized carbons (Fsp3) is 0.647. The van der Waals surface area contributed by atoms with E-state index in [1.165, 1.54) is 32.2 Å². The SMILES string of the molecule is CCNC(=O)c1ccc(N2CCC(C3CCCN3)CC2)nc1. The number of carbonyl (C=O) groups is 1. The summed E-state index contributed by atoms with van der Waals surface area (Å²) >= 11 is 0. The number of pyridine rings is 1. The average Bonchev–Trinajstić information content (AvgIpc) is 3.10. The smallest absolute Gasteiger partial charge is 0.252 e. The normalized spacial score (nSPS) is 22.8. The van der Waals surface area contributed by atoms with E-state index in [1.54, 1.807) is 6.20 Å². The third-order valence-corrected chi connectivity index (χ3v) is 4.88. The van der Waals surface area contributed by atoms with Gasteiger partial charge in [-0.15, -0.1) is 0 Å². The van der Waals surface area contributed by atoms with Crippen molar-refractivity contribution in [1.29, 1.82) is 0 Å². The van der Waals surface area contributed by atoms with Crippen LogP contribution in [0.25, 0.3) is 0 Å². The summed E-state index contributed by atoms with van der Waals surface area (Å²) in [5, 5.41) is 6.43. The first kappa shape index (κ1) is 15.3. The van der Waals surface area contributed by atoms with Gasteiger partial charge in [-0.1, -0.05) is 0 Å². The summed E-state index contributed by atoms with van der Waals surface area (Å²) in [6, 6.07) is 4.58. The quantitative estimate of drug-likeness (QED) is 0.890. The maximum Gasteiger partial charge on any atom is 0.252 e. The second-order valence-corrected chi connectivity index (χ2v) is 6.29. The summed E-state index contributed by atoms with van der Waals surface area (Å²) in [5.74, 6) is 1.76. The van der Waals surface area contributed by atoms with Gasteiger partial charge < -0.3 is 15.5 Å². The van der Waals surface area contributed by atoms with Crippen molar-refractivity contribution in [3.05, 3.63) is 23.9 Å². The van der Waals surface area contributed by atoms with Gasteiger partial charge in [0, 0.05) is 31.9 Å². The minimum Gasteiger partial charge on any atom is -0.357 e. The molecule has 0 bridgehead atoms. The van der Waals surface area contributed by atoms with Crippen LogP contribution in [0.5, 0.6) is 0 Å². The molecular weight excluding hydrogens is 276 g/mol. The molecule has 1 aromatic rings. The fourth-order valence-corrected chi connectivity index (χ4v) is 3.61. The van der Waals surface area contributed by atoms with Gasteiger partial charge in [-0.05, 0) is 57.2 Å². The van der Waals surface area contributed by atoms with Gasteiger partial charge in [0.05, 0.1) is 5.56 Å². The Morgan fingerprint density at radius 3 is 2.77 bits per heavy atom. The molecule has 5 heteroatoms. The van der Waals surface area contributed by atoms with Gasteiger partial charge in [0.25, 0.3) is 5.91 Å². The highest BCUT2D eigenvalue weighted by Crippen LogP contribution is 2.27. The molecule has 22 heavy (non-hydrogen) atoms. The summed E-state index contributed by atoms with van der Waals surface area (Å²) in [6.45, 7) is 5.88. The Balaban J connectivity index is 1.55. The van der Waals surface area contributed by atoms with E-state index < -0.39 is 0 Å². The van der Waals surface area contributed by atoms with Crippen LogP contribution in [0.4, 0.5) is 5.82 Å². The number of anilines is 1. The number of nitrogens with one attached hydrogen (secondary N) is 2. The van der Waals surface area contributed by atoms with Crippen LogP contribution in [-0.4, -0.2) is 43.1 Å². The fourth-order valence-electron chi connectivity index (χ4n) is 3.61. The zero-order valence-corrected chi connectivity index (χ0v) is 13.3. The van der Waals surface area contributed by atoms with Crippen molar-refractivity contribution in [2.45, 2.75) is 38.6 Å². The van der Waals surface area contributed by atoms with Crippen molar-refractivity contribution in [2.75, 3.05) is 31.1 Å². The van der Waals surface area contributed by atoms with Crippen LogP contribution in [0.1, 0.15) is 43.0 Å². The van der Waals surface area contributed by atoms with Crippen molar-refractivity contribution in [3.63, 3.8) is 0 Å². The Kier molecular flexibility index (Phi) is 4.93. The molecule has 2 aliphatic rings. The first-order valence-electron chi connectivity index (χ1n) is 8.50. The molecule has 0 aliphatic carbocycles. The molecule has 3 heterocycles. The Morgan fingerprint density at radius 1 is 1.36 bits per heavy atom. The molecule has 0 spiro atoms. The van der Waals surface area contributed by atoms with E-state index in [1.807, 2.05) is 19.1 Å². The van der Waals surface area contributed by atoms with Gasteiger partial charge in [-0.25, -0.2) is 4.98 Å². The predicted molar refractivity (Wildman–Crippen MR) is 88.2 cm³/mol. The van der Waals surface area contributed by atoms with Crippen LogP contribution < -0.4 is 15.5 Å². The minimum atomic E-state index is -0.0486. The maximum absolute atomic E-state index is 11.8. The lowest BCUT2D eigenvalue weighted by molar-refractivity contribution is 0.0955. The number of nitrogens with zero attached hydrogens (tertiary/aromatic N) is 2. The van der Waals surface area contributed by atoms with Crippen LogP contribution in [0, 0.1) is 5.92 Å². The number of hydrogen-bond acceptors (Lipinski definition) is 4. The second-order valence-electron chi connectivity index (χ2n) is 6.29. The van der Waals surface area contributed by atoms with Crippen molar-refractivity contribution >= 4 is 11.7 Å². The number of carbonyl (C=O) groups excluding carboxylic acids is 1. The molecule has 2 fully saturated rings. The molecule has 1 unspecified atom stereocenters. The summed E-state index contributed by atoms with van der Waals surface area (Å²) in [5.41, 5.74) is 0.635. The average molecular weight is 302 g/mol. The van der Waals surface area contributed by atoms with Crippen LogP contribution in [-0.2, 0) is 0 Å². The maximum atomic E-state index is 11.8. The molecule has 2 N–H and O–H groups in total. The van der Waals surface area contributed by atoms with Gasteiger partial charge in [0.2, 0.25) is 0 Å². The molecular formula is C17H26N4O. The van der Waals surface area contributed by atoms with Gasteiger partial charge in [0.15, 0.2) is 0 Å². The molecule has 5 nitrogen and oxygen atoms in total. The van der Waals surface area contributed by atoms with Gasteiger partial charge in [-0.3, -0.25) is 4.79 Å². The largest absolute Gasteiger partial charge is 0.357 e. The molecule has 1 atom stereocenters. The number of piperidine rings is 1.